The minimum absolute atomic E-state index is 0.0837. The zero-order chi connectivity index (χ0) is 15.4. The van der Waals surface area contributed by atoms with Crippen molar-refractivity contribution in [1.82, 2.24) is 0 Å². The first kappa shape index (κ1) is 15.0. The van der Waals surface area contributed by atoms with E-state index in [1.54, 1.807) is 12.1 Å². The Morgan fingerprint density at radius 1 is 1.43 bits per heavy atom. The maximum Gasteiger partial charge on any atom is 0.351 e. The van der Waals surface area contributed by atoms with Crippen molar-refractivity contribution in [3.05, 3.63) is 39.7 Å². The minimum atomic E-state index is -1.33. The minimum Gasteiger partial charge on any atom is -0.490 e. The Labute approximate surface area is 120 Å². The number of fused-ring (bicyclic) bond motifs is 1. The van der Waals surface area contributed by atoms with Crippen LogP contribution >= 0.6 is 0 Å². The molecule has 5 nitrogen and oxygen atoms in total. The van der Waals surface area contributed by atoms with Crippen molar-refractivity contribution in [2.45, 2.75) is 19.8 Å². The van der Waals surface area contributed by atoms with Crippen LogP contribution in [0.4, 0.5) is 4.39 Å². The summed E-state index contributed by atoms with van der Waals surface area (Å²) in [5.74, 6) is -0.881. The lowest BCUT2D eigenvalue weighted by molar-refractivity contribution is 0.0692. The molecule has 0 atom stereocenters. The number of benzene rings is 1. The fourth-order valence-corrected chi connectivity index (χ4v) is 2.14. The summed E-state index contributed by atoms with van der Waals surface area (Å²) < 4.78 is 22.7. The van der Waals surface area contributed by atoms with Gasteiger partial charge in [0.15, 0.2) is 0 Å². The number of hydrogen-bond acceptors (Lipinski definition) is 4. The molecular weight excluding hydrogens is 279 g/mol. The Morgan fingerprint density at radius 3 is 2.81 bits per heavy atom. The number of hydrogen-bond donors (Lipinski definition) is 1. The molecular formula is C15H15FO5. The number of rotatable bonds is 6. The number of aryl methyl sites for hydroxylation is 1. The molecule has 0 fully saturated rings. The standard InChI is InChI=1S/C15H15FO5/c1-2-3-10-12(20-7-6-16)5-4-9-8-11(14(17)18)15(19)21-13(9)10/h4-5,8H,2-3,6-7H2,1H3,(H,17,18). The highest BCUT2D eigenvalue weighted by atomic mass is 19.1. The summed E-state index contributed by atoms with van der Waals surface area (Å²) in [5.41, 5.74) is -0.377. The molecule has 0 bridgehead atoms. The fourth-order valence-electron chi connectivity index (χ4n) is 2.14. The van der Waals surface area contributed by atoms with Crippen molar-refractivity contribution in [1.29, 1.82) is 0 Å². The van der Waals surface area contributed by atoms with Gasteiger partial charge in [-0.2, -0.15) is 0 Å². The predicted octanol–water partition coefficient (Wildman–Crippen LogP) is 2.79. The first-order valence-corrected chi connectivity index (χ1v) is 6.60. The second-order valence-electron chi connectivity index (χ2n) is 4.50. The largest absolute Gasteiger partial charge is 0.490 e. The molecule has 0 radical (unpaired) electrons. The van der Waals surface area contributed by atoms with E-state index in [-0.39, 0.29) is 6.61 Å². The molecule has 0 aliphatic rings. The molecule has 1 aromatic heterocycles. The zero-order valence-electron chi connectivity index (χ0n) is 11.5. The van der Waals surface area contributed by atoms with E-state index in [0.29, 0.717) is 28.7 Å². The van der Waals surface area contributed by atoms with Crippen molar-refractivity contribution < 1.29 is 23.4 Å². The number of halogens is 1. The first-order valence-electron chi connectivity index (χ1n) is 6.60. The molecule has 0 unspecified atom stereocenters. The van der Waals surface area contributed by atoms with Crippen LogP contribution in [0.3, 0.4) is 0 Å². The van der Waals surface area contributed by atoms with Crippen LogP contribution in [-0.4, -0.2) is 24.4 Å². The summed E-state index contributed by atoms with van der Waals surface area (Å²) >= 11 is 0. The third kappa shape index (κ3) is 3.04. The number of alkyl halides is 1. The van der Waals surface area contributed by atoms with Crippen LogP contribution in [0, 0.1) is 0 Å². The summed E-state index contributed by atoms with van der Waals surface area (Å²) in [4.78, 5) is 22.7. The van der Waals surface area contributed by atoms with E-state index in [0.717, 1.165) is 6.42 Å². The second-order valence-corrected chi connectivity index (χ2v) is 4.50. The lowest BCUT2D eigenvalue weighted by Crippen LogP contribution is -2.13. The lowest BCUT2D eigenvalue weighted by Gasteiger charge is -2.12. The van der Waals surface area contributed by atoms with E-state index < -0.39 is 23.8 Å². The van der Waals surface area contributed by atoms with Crippen molar-refractivity contribution in [3.63, 3.8) is 0 Å². The number of carbonyl (C=O) groups is 1. The van der Waals surface area contributed by atoms with Gasteiger partial charge in [-0.3, -0.25) is 0 Å². The van der Waals surface area contributed by atoms with E-state index in [1.807, 2.05) is 6.92 Å². The normalized spacial score (nSPS) is 10.8. The Morgan fingerprint density at radius 2 is 2.19 bits per heavy atom. The van der Waals surface area contributed by atoms with Gasteiger partial charge in [0.2, 0.25) is 0 Å². The predicted molar refractivity (Wildman–Crippen MR) is 74.9 cm³/mol. The van der Waals surface area contributed by atoms with E-state index in [1.165, 1.54) is 6.07 Å². The second kappa shape index (κ2) is 6.39. The molecule has 2 aromatic rings. The molecule has 0 amide bonds. The van der Waals surface area contributed by atoms with Crippen LogP contribution in [0.25, 0.3) is 11.0 Å². The summed E-state index contributed by atoms with van der Waals surface area (Å²) in [6.07, 6.45) is 1.35. The van der Waals surface area contributed by atoms with Crippen molar-refractivity contribution in [2.75, 3.05) is 13.3 Å². The number of carboxylic acid groups (broad SMARTS) is 1. The van der Waals surface area contributed by atoms with Gasteiger partial charge >= 0.3 is 11.6 Å². The topological polar surface area (TPSA) is 76.7 Å². The van der Waals surface area contributed by atoms with Gasteiger partial charge in [0, 0.05) is 10.9 Å². The highest BCUT2D eigenvalue weighted by Gasteiger charge is 2.16. The molecule has 21 heavy (non-hydrogen) atoms. The van der Waals surface area contributed by atoms with Crippen LogP contribution in [0.5, 0.6) is 5.75 Å². The Balaban J connectivity index is 2.65. The van der Waals surface area contributed by atoms with Crippen molar-refractivity contribution >= 4 is 16.9 Å². The van der Waals surface area contributed by atoms with Crippen molar-refractivity contribution in [2.24, 2.45) is 0 Å². The zero-order valence-corrected chi connectivity index (χ0v) is 11.5. The first-order chi connectivity index (χ1) is 10.1. The van der Waals surface area contributed by atoms with Crippen LogP contribution in [0.2, 0.25) is 0 Å². The Kier molecular flexibility index (Phi) is 4.57. The van der Waals surface area contributed by atoms with Gasteiger partial charge in [0.05, 0.1) is 0 Å². The Hall–Kier alpha value is -2.37. The van der Waals surface area contributed by atoms with Gasteiger partial charge in [-0.25, -0.2) is 14.0 Å². The van der Waals surface area contributed by atoms with Gasteiger partial charge in [0.1, 0.15) is 30.2 Å². The summed E-state index contributed by atoms with van der Waals surface area (Å²) in [6, 6.07) is 4.51. The summed E-state index contributed by atoms with van der Waals surface area (Å²) in [7, 11) is 0. The molecule has 2 rings (SSSR count). The highest BCUT2D eigenvalue weighted by Crippen LogP contribution is 2.29. The average Bonchev–Trinajstić information content (AvgIpc) is 2.46. The van der Waals surface area contributed by atoms with Crippen molar-refractivity contribution in [3.8, 4) is 5.75 Å². The molecule has 1 N–H and O–H groups in total. The van der Waals surface area contributed by atoms with Crippen LogP contribution in [-0.2, 0) is 6.42 Å². The van der Waals surface area contributed by atoms with Crippen LogP contribution in [0.1, 0.15) is 29.3 Å². The molecule has 0 saturated heterocycles. The summed E-state index contributed by atoms with van der Waals surface area (Å²) in [5, 5.41) is 9.44. The van der Waals surface area contributed by atoms with Crippen LogP contribution in [0.15, 0.2) is 27.4 Å². The number of ether oxygens (including phenoxy) is 1. The molecule has 0 saturated carbocycles. The van der Waals surface area contributed by atoms with E-state index in [4.69, 9.17) is 14.3 Å². The molecule has 0 aliphatic heterocycles. The lowest BCUT2D eigenvalue weighted by atomic mass is 10.0. The van der Waals surface area contributed by atoms with Gasteiger partial charge in [-0.05, 0) is 24.6 Å². The maximum atomic E-state index is 12.3. The smallest absolute Gasteiger partial charge is 0.351 e. The molecule has 0 aliphatic carbocycles. The maximum absolute atomic E-state index is 12.3. The van der Waals surface area contributed by atoms with Gasteiger partial charge in [-0.1, -0.05) is 13.3 Å². The molecule has 1 heterocycles. The SMILES string of the molecule is CCCc1c(OCCF)ccc2cc(C(=O)O)c(=O)oc12. The van der Waals surface area contributed by atoms with Gasteiger partial charge in [-0.15, -0.1) is 0 Å². The molecule has 6 heteroatoms. The van der Waals surface area contributed by atoms with Gasteiger partial charge in [0.25, 0.3) is 0 Å². The van der Waals surface area contributed by atoms with E-state index in [2.05, 4.69) is 0 Å². The molecule has 1 aromatic carbocycles. The monoisotopic (exact) mass is 294 g/mol. The Bertz CT molecular complexity index is 720. The van der Waals surface area contributed by atoms with E-state index in [9.17, 15) is 14.0 Å². The van der Waals surface area contributed by atoms with Gasteiger partial charge < -0.3 is 14.3 Å². The number of carboxylic acids is 1. The van der Waals surface area contributed by atoms with E-state index >= 15 is 0 Å². The average molecular weight is 294 g/mol. The third-order valence-electron chi connectivity index (χ3n) is 3.03. The summed E-state index contributed by atoms with van der Waals surface area (Å²) in [6.45, 7) is 1.24. The number of aromatic carboxylic acids is 1. The van der Waals surface area contributed by atoms with Crippen LogP contribution < -0.4 is 10.4 Å². The fraction of sp³-hybridized carbons (Fsp3) is 0.333. The molecule has 0 spiro atoms. The highest BCUT2D eigenvalue weighted by molar-refractivity contribution is 5.92. The quantitative estimate of drug-likeness (QED) is 0.829. The third-order valence-corrected chi connectivity index (χ3v) is 3.03. The molecule has 112 valence electrons.